The van der Waals surface area contributed by atoms with E-state index in [9.17, 15) is 14.4 Å². The summed E-state index contributed by atoms with van der Waals surface area (Å²) in [6.07, 6.45) is 76.6. The van der Waals surface area contributed by atoms with E-state index in [1.54, 1.807) is 0 Å². The zero-order valence-corrected chi connectivity index (χ0v) is 51.1. The van der Waals surface area contributed by atoms with E-state index in [1.165, 1.54) is 295 Å². The van der Waals surface area contributed by atoms with Crippen molar-refractivity contribution in [2.75, 3.05) is 13.2 Å². The highest BCUT2D eigenvalue weighted by Gasteiger charge is 2.19. The molecule has 0 radical (unpaired) electrons. The Bertz CT molecular complexity index is 1170. The van der Waals surface area contributed by atoms with Gasteiger partial charge in [-0.15, -0.1) is 0 Å². The van der Waals surface area contributed by atoms with E-state index in [-0.39, 0.29) is 31.1 Å². The third-order valence-corrected chi connectivity index (χ3v) is 15.8. The molecule has 0 aliphatic carbocycles. The van der Waals surface area contributed by atoms with Crippen molar-refractivity contribution in [3.05, 3.63) is 12.2 Å². The third kappa shape index (κ3) is 62.9. The summed E-state index contributed by atoms with van der Waals surface area (Å²) in [6, 6.07) is 0. The van der Waals surface area contributed by atoms with Crippen LogP contribution in [0.4, 0.5) is 0 Å². The molecule has 0 spiro atoms. The van der Waals surface area contributed by atoms with Gasteiger partial charge in [-0.3, -0.25) is 14.4 Å². The fourth-order valence-corrected chi connectivity index (χ4v) is 10.6. The standard InChI is InChI=1S/C69H132O6/c1-4-7-10-13-16-19-22-25-28-29-30-31-32-33-34-35-36-37-38-39-42-44-47-50-53-56-59-62-68(71)74-65-66(75-69(72)63-60-57-54-51-48-45-41-27-24-21-18-15-12-9-6-3)64-73-67(70)61-58-55-52-49-46-43-40-26-23-20-17-14-11-8-5-2/h29-30,66H,4-28,31-65H2,1-3H3/b30-29-. The summed E-state index contributed by atoms with van der Waals surface area (Å²) in [5.41, 5.74) is 0. The van der Waals surface area contributed by atoms with Gasteiger partial charge in [0.2, 0.25) is 0 Å². The number of unbranched alkanes of at least 4 members (excludes halogenated alkanes) is 51. The summed E-state index contributed by atoms with van der Waals surface area (Å²) < 4.78 is 17.0. The van der Waals surface area contributed by atoms with Crippen molar-refractivity contribution < 1.29 is 28.6 Å². The highest BCUT2D eigenvalue weighted by Crippen LogP contribution is 2.19. The van der Waals surface area contributed by atoms with Gasteiger partial charge in [-0.2, -0.15) is 0 Å². The minimum atomic E-state index is -0.764. The molecule has 0 rings (SSSR count). The molecule has 0 N–H and O–H groups in total. The Morgan fingerprint density at radius 1 is 0.253 bits per heavy atom. The third-order valence-electron chi connectivity index (χ3n) is 15.8. The second-order valence-corrected chi connectivity index (χ2v) is 23.5. The Morgan fingerprint density at radius 3 is 0.667 bits per heavy atom. The van der Waals surface area contributed by atoms with E-state index < -0.39 is 6.10 Å². The summed E-state index contributed by atoms with van der Waals surface area (Å²) in [5, 5.41) is 0. The molecular weight excluding hydrogens is 925 g/mol. The van der Waals surface area contributed by atoms with Crippen LogP contribution in [0.2, 0.25) is 0 Å². The fraction of sp³-hybridized carbons (Fsp3) is 0.928. The highest BCUT2D eigenvalue weighted by molar-refractivity contribution is 5.71. The molecule has 444 valence electrons. The molecule has 0 aliphatic rings. The van der Waals surface area contributed by atoms with Crippen molar-refractivity contribution in [1.82, 2.24) is 0 Å². The lowest BCUT2D eigenvalue weighted by molar-refractivity contribution is -0.167. The van der Waals surface area contributed by atoms with Crippen LogP contribution in [0.1, 0.15) is 393 Å². The molecule has 0 fully saturated rings. The van der Waals surface area contributed by atoms with Gasteiger partial charge in [-0.1, -0.05) is 341 Å². The van der Waals surface area contributed by atoms with Crippen LogP contribution in [0.5, 0.6) is 0 Å². The molecule has 1 unspecified atom stereocenters. The molecule has 0 amide bonds. The fourth-order valence-electron chi connectivity index (χ4n) is 10.6. The predicted molar refractivity (Wildman–Crippen MR) is 326 cm³/mol. The Kier molecular flexibility index (Phi) is 63.1. The molecule has 0 saturated heterocycles. The monoisotopic (exact) mass is 1060 g/mol. The number of hydrogen-bond donors (Lipinski definition) is 0. The van der Waals surface area contributed by atoms with Crippen molar-refractivity contribution >= 4 is 17.9 Å². The molecule has 0 aromatic heterocycles. The molecule has 0 heterocycles. The Labute approximate surface area is 469 Å². The zero-order valence-electron chi connectivity index (χ0n) is 51.1. The van der Waals surface area contributed by atoms with Gasteiger partial charge < -0.3 is 14.2 Å². The maximum absolute atomic E-state index is 12.9. The van der Waals surface area contributed by atoms with E-state index in [2.05, 4.69) is 32.9 Å². The quantitative estimate of drug-likeness (QED) is 0.0261. The van der Waals surface area contributed by atoms with Crippen LogP contribution >= 0.6 is 0 Å². The highest BCUT2D eigenvalue weighted by atomic mass is 16.6. The lowest BCUT2D eigenvalue weighted by atomic mass is 10.0. The molecule has 1 atom stereocenters. The summed E-state index contributed by atoms with van der Waals surface area (Å²) in [5.74, 6) is -0.828. The van der Waals surface area contributed by atoms with E-state index in [4.69, 9.17) is 14.2 Å². The molecule has 0 saturated carbocycles. The lowest BCUT2D eigenvalue weighted by Crippen LogP contribution is -2.30. The van der Waals surface area contributed by atoms with Gasteiger partial charge in [0, 0.05) is 19.3 Å². The molecule has 0 aromatic carbocycles. The minimum Gasteiger partial charge on any atom is -0.462 e. The van der Waals surface area contributed by atoms with E-state index >= 15 is 0 Å². The molecule has 75 heavy (non-hydrogen) atoms. The smallest absolute Gasteiger partial charge is 0.306 e. The number of hydrogen-bond acceptors (Lipinski definition) is 6. The van der Waals surface area contributed by atoms with Crippen LogP contribution in [0.3, 0.4) is 0 Å². The summed E-state index contributed by atoms with van der Waals surface area (Å²) >= 11 is 0. The van der Waals surface area contributed by atoms with Gasteiger partial charge >= 0.3 is 17.9 Å². The first kappa shape index (κ1) is 73.2. The van der Waals surface area contributed by atoms with Crippen molar-refractivity contribution in [1.29, 1.82) is 0 Å². The van der Waals surface area contributed by atoms with Gasteiger partial charge in [0.25, 0.3) is 0 Å². The van der Waals surface area contributed by atoms with E-state index in [1.807, 2.05) is 0 Å². The van der Waals surface area contributed by atoms with Crippen LogP contribution in [0.25, 0.3) is 0 Å². The number of ether oxygens (including phenoxy) is 3. The number of rotatable bonds is 64. The van der Waals surface area contributed by atoms with Gasteiger partial charge in [-0.05, 0) is 44.9 Å². The lowest BCUT2D eigenvalue weighted by Gasteiger charge is -2.18. The maximum Gasteiger partial charge on any atom is 0.306 e. The first-order valence-electron chi connectivity index (χ1n) is 34.2. The normalized spacial score (nSPS) is 12.0. The molecule has 0 bridgehead atoms. The maximum atomic E-state index is 12.9. The second-order valence-electron chi connectivity index (χ2n) is 23.5. The number of esters is 3. The first-order valence-corrected chi connectivity index (χ1v) is 34.2. The van der Waals surface area contributed by atoms with Gasteiger partial charge in [-0.25, -0.2) is 0 Å². The number of carbonyl (C=O) groups excluding carboxylic acids is 3. The SMILES string of the molecule is CCCCCCCCCC/C=C\CCCCCCCCCCCCCCCCCC(=O)OCC(COC(=O)CCCCCCCCCCCCCCCCC)OC(=O)CCCCCCCCCCCCCCCCC. The number of carbonyl (C=O) groups is 3. The topological polar surface area (TPSA) is 78.9 Å². The average Bonchev–Trinajstić information content (AvgIpc) is 3.41. The predicted octanol–water partition coefficient (Wildman–Crippen LogP) is 23.2. The van der Waals surface area contributed by atoms with Crippen molar-refractivity contribution in [2.45, 2.75) is 399 Å². The Balaban J connectivity index is 4.18. The van der Waals surface area contributed by atoms with Crippen molar-refractivity contribution in [3.8, 4) is 0 Å². The molecule has 0 aromatic rings. The van der Waals surface area contributed by atoms with Gasteiger partial charge in [0.15, 0.2) is 6.10 Å². The molecule has 6 heteroatoms. The summed E-state index contributed by atoms with van der Waals surface area (Å²) in [4.78, 5) is 38.3. The Morgan fingerprint density at radius 2 is 0.440 bits per heavy atom. The largest absolute Gasteiger partial charge is 0.462 e. The Hall–Kier alpha value is -1.85. The van der Waals surface area contributed by atoms with Gasteiger partial charge in [0.05, 0.1) is 0 Å². The average molecular weight is 1060 g/mol. The van der Waals surface area contributed by atoms with Crippen LogP contribution in [-0.2, 0) is 28.6 Å². The summed E-state index contributed by atoms with van der Waals surface area (Å²) in [7, 11) is 0. The molecular formula is C69H132O6. The second kappa shape index (κ2) is 64.7. The van der Waals surface area contributed by atoms with Crippen LogP contribution in [0, 0.1) is 0 Å². The minimum absolute atomic E-state index is 0.0623. The van der Waals surface area contributed by atoms with Crippen LogP contribution in [-0.4, -0.2) is 37.2 Å². The van der Waals surface area contributed by atoms with Crippen LogP contribution < -0.4 is 0 Å². The number of allylic oxidation sites excluding steroid dienone is 2. The summed E-state index contributed by atoms with van der Waals surface area (Å²) in [6.45, 7) is 6.72. The van der Waals surface area contributed by atoms with Crippen LogP contribution in [0.15, 0.2) is 12.2 Å². The van der Waals surface area contributed by atoms with Gasteiger partial charge in [0.1, 0.15) is 13.2 Å². The first-order chi connectivity index (χ1) is 37.0. The molecule has 6 nitrogen and oxygen atoms in total. The van der Waals surface area contributed by atoms with E-state index in [0.29, 0.717) is 19.3 Å². The molecule has 0 aliphatic heterocycles. The van der Waals surface area contributed by atoms with Crippen molar-refractivity contribution in [3.63, 3.8) is 0 Å². The van der Waals surface area contributed by atoms with E-state index in [0.717, 1.165) is 57.8 Å². The zero-order chi connectivity index (χ0) is 54.3. The van der Waals surface area contributed by atoms with Crippen molar-refractivity contribution in [2.24, 2.45) is 0 Å².